The maximum absolute atomic E-state index is 6.13. The second-order valence-electron chi connectivity index (χ2n) is 4.78. The van der Waals surface area contributed by atoms with Crippen molar-refractivity contribution in [3.05, 3.63) is 58.4 Å². The minimum absolute atomic E-state index is 0.457. The van der Waals surface area contributed by atoms with E-state index in [0.29, 0.717) is 16.4 Å². The fourth-order valence-electron chi connectivity index (χ4n) is 1.90. The van der Waals surface area contributed by atoms with Crippen molar-refractivity contribution in [2.24, 2.45) is 4.99 Å². The van der Waals surface area contributed by atoms with Crippen LogP contribution in [0.2, 0.25) is 5.02 Å². The van der Waals surface area contributed by atoms with Gasteiger partial charge < -0.3 is 0 Å². The Morgan fingerprint density at radius 1 is 1.23 bits per heavy atom. The SMILES string of the molecule is CCCCc1ccc(C#Cc2ncc(N=C=S)cc2Cl)cc1. The lowest BCUT2D eigenvalue weighted by Crippen LogP contribution is -1.86. The number of nitrogens with zero attached hydrogens (tertiary/aromatic N) is 2. The molecule has 22 heavy (non-hydrogen) atoms. The van der Waals surface area contributed by atoms with Gasteiger partial charge in [0.25, 0.3) is 0 Å². The molecular formula is C18H15ClN2S. The molecule has 0 saturated heterocycles. The van der Waals surface area contributed by atoms with Crippen LogP contribution in [0.15, 0.2) is 41.5 Å². The summed E-state index contributed by atoms with van der Waals surface area (Å²) in [6.45, 7) is 2.19. The number of thiocarbonyl (C=S) groups is 1. The van der Waals surface area contributed by atoms with Crippen LogP contribution in [0.1, 0.15) is 36.6 Å². The van der Waals surface area contributed by atoms with Gasteiger partial charge in [0.15, 0.2) is 0 Å². The third-order valence-electron chi connectivity index (χ3n) is 3.10. The molecule has 0 fully saturated rings. The number of aromatic nitrogens is 1. The number of unbranched alkanes of at least 4 members (excludes halogenated alkanes) is 1. The van der Waals surface area contributed by atoms with Gasteiger partial charge in [0.2, 0.25) is 0 Å². The van der Waals surface area contributed by atoms with Crippen LogP contribution >= 0.6 is 23.8 Å². The predicted molar refractivity (Wildman–Crippen MR) is 95.0 cm³/mol. The van der Waals surface area contributed by atoms with Crippen molar-refractivity contribution in [3.8, 4) is 11.8 Å². The molecule has 0 atom stereocenters. The van der Waals surface area contributed by atoms with Crippen molar-refractivity contribution in [2.45, 2.75) is 26.2 Å². The van der Waals surface area contributed by atoms with E-state index in [0.717, 1.165) is 12.0 Å². The molecule has 1 aromatic carbocycles. The number of hydrogen-bond donors (Lipinski definition) is 0. The van der Waals surface area contributed by atoms with Gasteiger partial charge in [-0.2, -0.15) is 4.99 Å². The largest absolute Gasteiger partial charge is 0.244 e. The van der Waals surface area contributed by atoms with Gasteiger partial charge in [-0.3, -0.25) is 0 Å². The van der Waals surface area contributed by atoms with Crippen molar-refractivity contribution in [2.75, 3.05) is 0 Å². The monoisotopic (exact) mass is 326 g/mol. The lowest BCUT2D eigenvalue weighted by Gasteiger charge is -1.99. The average molecular weight is 327 g/mol. The van der Waals surface area contributed by atoms with E-state index < -0.39 is 0 Å². The van der Waals surface area contributed by atoms with Crippen molar-refractivity contribution in [1.29, 1.82) is 0 Å². The van der Waals surface area contributed by atoms with Crippen LogP contribution in [0, 0.1) is 11.8 Å². The topological polar surface area (TPSA) is 25.2 Å². The van der Waals surface area contributed by atoms with E-state index in [1.54, 1.807) is 12.3 Å². The number of halogens is 1. The van der Waals surface area contributed by atoms with E-state index in [-0.39, 0.29) is 0 Å². The smallest absolute Gasteiger partial charge is 0.132 e. The van der Waals surface area contributed by atoms with Gasteiger partial charge in [0.1, 0.15) is 5.69 Å². The number of rotatable bonds is 4. The number of benzene rings is 1. The Balaban J connectivity index is 2.14. The van der Waals surface area contributed by atoms with E-state index in [1.165, 1.54) is 18.4 Å². The number of isothiocyanates is 1. The summed E-state index contributed by atoms with van der Waals surface area (Å²) in [4.78, 5) is 8.02. The fourth-order valence-corrected chi connectivity index (χ4v) is 2.21. The van der Waals surface area contributed by atoms with Crippen molar-refractivity contribution in [1.82, 2.24) is 4.98 Å². The highest BCUT2D eigenvalue weighted by molar-refractivity contribution is 7.78. The fraction of sp³-hybridized carbons (Fsp3) is 0.222. The zero-order chi connectivity index (χ0) is 15.8. The minimum Gasteiger partial charge on any atom is -0.244 e. The van der Waals surface area contributed by atoms with Crippen LogP contribution in [0.4, 0.5) is 5.69 Å². The van der Waals surface area contributed by atoms with E-state index in [1.807, 2.05) is 12.1 Å². The first-order valence-electron chi connectivity index (χ1n) is 7.07. The summed E-state index contributed by atoms with van der Waals surface area (Å²) in [5.74, 6) is 6.05. The van der Waals surface area contributed by atoms with E-state index >= 15 is 0 Å². The lowest BCUT2D eigenvalue weighted by molar-refractivity contribution is 0.795. The standard InChI is InChI=1S/C18H15ClN2S/c1-2-3-4-14-5-7-15(8-6-14)9-10-18-17(19)11-16(12-20-18)21-13-22/h5-8,11-12H,2-4H2,1H3. The first kappa shape index (κ1) is 16.4. The quantitative estimate of drug-likeness (QED) is 0.437. The Morgan fingerprint density at radius 3 is 2.64 bits per heavy atom. The van der Waals surface area contributed by atoms with E-state index in [9.17, 15) is 0 Å². The summed E-state index contributed by atoms with van der Waals surface area (Å²) < 4.78 is 0. The van der Waals surface area contributed by atoms with Gasteiger partial charge in [0.05, 0.1) is 22.1 Å². The number of pyridine rings is 1. The van der Waals surface area contributed by atoms with Gasteiger partial charge in [-0.25, -0.2) is 4.98 Å². The van der Waals surface area contributed by atoms with Crippen LogP contribution in [-0.4, -0.2) is 10.1 Å². The molecule has 0 unspecified atom stereocenters. The first-order chi connectivity index (χ1) is 10.7. The molecule has 0 bridgehead atoms. The minimum atomic E-state index is 0.457. The zero-order valence-corrected chi connectivity index (χ0v) is 13.8. The normalized spacial score (nSPS) is 9.55. The number of hydrogen-bond acceptors (Lipinski definition) is 3. The molecule has 0 saturated carbocycles. The molecule has 0 radical (unpaired) electrons. The highest BCUT2D eigenvalue weighted by atomic mass is 35.5. The van der Waals surface area contributed by atoms with Crippen LogP contribution in [-0.2, 0) is 6.42 Å². The highest BCUT2D eigenvalue weighted by Crippen LogP contribution is 2.19. The second kappa shape index (κ2) is 8.46. The summed E-state index contributed by atoms with van der Waals surface area (Å²) in [6, 6.07) is 9.96. The van der Waals surface area contributed by atoms with Gasteiger partial charge in [-0.1, -0.05) is 43.0 Å². The molecule has 0 spiro atoms. The zero-order valence-electron chi connectivity index (χ0n) is 12.3. The van der Waals surface area contributed by atoms with Crippen LogP contribution < -0.4 is 0 Å². The molecule has 0 N–H and O–H groups in total. The molecule has 2 rings (SSSR count). The molecule has 1 heterocycles. The Kier molecular flexibility index (Phi) is 6.30. The third-order valence-corrected chi connectivity index (χ3v) is 3.48. The summed E-state index contributed by atoms with van der Waals surface area (Å²) in [5.41, 5.74) is 3.39. The van der Waals surface area contributed by atoms with Gasteiger partial charge in [-0.15, -0.1) is 0 Å². The number of aryl methyl sites for hydroxylation is 1. The molecule has 1 aromatic heterocycles. The Bertz CT molecular complexity index is 751. The summed E-state index contributed by atoms with van der Waals surface area (Å²) in [5, 5.41) is 2.74. The molecule has 0 aliphatic rings. The summed E-state index contributed by atoms with van der Waals surface area (Å²) >= 11 is 10.7. The summed E-state index contributed by atoms with van der Waals surface area (Å²) in [7, 11) is 0. The predicted octanol–water partition coefficient (Wildman–Crippen LogP) is 5.21. The molecule has 0 aliphatic carbocycles. The van der Waals surface area contributed by atoms with E-state index in [4.69, 9.17) is 11.6 Å². The molecule has 2 nitrogen and oxygen atoms in total. The Morgan fingerprint density at radius 2 is 2.00 bits per heavy atom. The number of aliphatic imine (C=N–C) groups is 1. The molecule has 4 heteroatoms. The average Bonchev–Trinajstić information content (AvgIpc) is 2.53. The van der Waals surface area contributed by atoms with E-state index in [2.05, 4.69) is 58.3 Å². The molecule has 0 aliphatic heterocycles. The molecular weight excluding hydrogens is 312 g/mol. The van der Waals surface area contributed by atoms with Crippen molar-refractivity contribution < 1.29 is 0 Å². The van der Waals surface area contributed by atoms with Crippen LogP contribution in [0.3, 0.4) is 0 Å². The Hall–Kier alpha value is -1.98. The maximum Gasteiger partial charge on any atom is 0.132 e. The van der Waals surface area contributed by atoms with Crippen LogP contribution in [0.5, 0.6) is 0 Å². The van der Waals surface area contributed by atoms with Crippen LogP contribution in [0.25, 0.3) is 0 Å². The maximum atomic E-state index is 6.13. The first-order valence-corrected chi connectivity index (χ1v) is 7.86. The van der Waals surface area contributed by atoms with Crippen molar-refractivity contribution in [3.63, 3.8) is 0 Å². The lowest BCUT2D eigenvalue weighted by atomic mass is 10.1. The van der Waals surface area contributed by atoms with Gasteiger partial charge >= 0.3 is 0 Å². The second-order valence-corrected chi connectivity index (χ2v) is 5.37. The molecule has 2 aromatic rings. The van der Waals surface area contributed by atoms with Gasteiger partial charge in [0, 0.05) is 5.56 Å². The molecule has 0 amide bonds. The van der Waals surface area contributed by atoms with Gasteiger partial charge in [-0.05, 0) is 54.7 Å². The summed E-state index contributed by atoms with van der Waals surface area (Å²) in [6.07, 6.45) is 5.10. The van der Waals surface area contributed by atoms with Crippen molar-refractivity contribution >= 4 is 34.7 Å². The highest BCUT2D eigenvalue weighted by Gasteiger charge is 2.00. The third kappa shape index (κ3) is 4.79. The molecule has 110 valence electrons. The Labute approximate surface area is 141 Å².